The summed E-state index contributed by atoms with van der Waals surface area (Å²) in [7, 11) is 0. The van der Waals surface area contributed by atoms with E-state index < -0.39 is 48.0 Å². The van der Waals surface area contributed by atoms with E-state index in [2.05, 4.69) is 68.9 Å². The second-order valence-corrected chi connectivity index (χ2v) is 14.1. The Morgan fingerprint density at radius 3 is 0.686 bits per heavy atom. The normalized spacial score (nSPS) is 10.0. The molecule has 0 saturated heterocycles. The number of esters is 4. The van der Waals surface area contributed by atoms with Gasteiger partial charge >= 0.3 is 48.0 Å². The third kappa shape index (κ3) is 18.4. The molecule has 0 radical (unpaired) electrons. The molecule has 8 amide bonds. The fourth-order valence-electron chi connectivity index (χ4n) is 5.99. The topological polar surface area (TPSA) is 270 Å². The van der Waals surface area contributed by atoms with Crippen LogP contribution in [0.1, 0.15) is 22.3 Å². The van der Waals surface area contributed by atoms with Crippen LogP contribution in [0.15, 0.2) is 148 Å². The van der Waals surface area contributed by atoms with Gasteiger partial charge in [0.1, 0.15) is 26.4 Å². The minimum Gasteiger partial charge on any atom is -0.461 e. The number of carbonyl (C=O) groups is 8. The first-order valence-corrected chi connectivity index (χ1v) is 21.3. The number of hydrogen-bond donors (Lipinski definition) is 8. The first-order valence-electron chi connectivity index (χ1n) is 21.3. The second-order valence-electron chi connectivity index (χ2n) is 14.1. The number of ether oxygens (including phenoxy) is 4. The Morgan fingerprint density at radius 1 is 0.329 bits per heavy atom. The van der Waals surface area contributed by atoms with Crippen molar-refractivity contribution in [3.05, 3.63) is 170 Å². The molecule has 0 unspecified atom stereocenters. The van der Waals surface area contributed by atoms with Crippen LogP contribution in [-0.2, 0) is 38.1 Å². The molecule has 0 spiro atoms. The molecule has 4 aromatic carbocycles. The van der Waals surface area contributed by atoms with Crippen LogP contribution >= 0.6 is 0 Å². The van der Waals surface area contributed by atoms with Crippen LogP contribution in [0.5, 0.6) is 0 Å². The maximum absolute atomic E-state index is 12.7. The van der Waals surface area contributed by atoms with Crippen molar-refractivity contribution in [2.24, 2.45) is 0 Å². The number of hydrogen-bond acceptors (Lipinski definition) is 12. The molecular formula is C50H52N8O12. The maximum Gasteiger partial charge on any atom is 0.330 e. The monoisotopic (exact) mass is 956 g/mol. The number of amides is 8. The van der Waals surface area contributed by atoms with Gasteiger partial charge in [0, 0.05) is 47.1 Å². The van der Waals surface area contributed by atoms with Crippen LogP contribution < -0.4 is 42.5 Å². The number of benzene rings is 4. The molecule has 0 aliphatic rings. The predicted octanol–water partition coefficient (Wildman–Crippen LogP) is 6.10. The smallest absolute Gasteiger partial charge is 0.330 e. The van der Waals surface area contributed by atoms with Crippen LogP contribution in [0.25, 0.3) is 11.1 Å². The van der Waals surface area contributed by atoms with E-state index in [0.29, 0.717) is 56.1 Å². The standard InChI is InChI=1S/C50H52N8O12/c1-5-41(59)67-29-25-51-47(63)55-37-17-9-33(10-18-37)45(34-11-19-38(20-12-34)56-48(64)52-26-30-68-42(60)6-2)46(35-13-21-39(22-14-35)57-49(65)53-27-31-69-43(61)7-3)36-15-23-40(24-16-36)58-50(66)54-28-32-70-44(62)8-4/h5-24H,1-4,25-32H2,(H2,51,55,63)(H2,52,56,64)(H2,53,57,65)(H2,54,58,66). The van der Waals surface area contributed by atoms with Gasteiger partial charge in [0.25, 0.3) is 0 Å². The van der Waals surface area contributed by atoms with Gasteiger partial charge in [0.05, 0.1) is 26.2 Å². The lowest BCUT2D eigenvalue weighted by Gasteiger charge is -2.20. The summed E-state index contributed by atoms with van der Waals surface area (Å²) in [6.45, 7) is 13.3. The van der Waals surface area contributed by atoms with E-state index in [9.17, 15) is 38.4 Å². The quantitative estimate of drug-likeness (QED) is 0.0130. The Kier molecular flexibility index (Phi) is 21.7. The third-order valence-corrected chi connectivity index (χ3v) is 9.17. The number of rotatable bonds is 24. The lowest BCUT2D eigenvalue weighted by molar-refractivity contribution is -0.138. The first kappa shape index (κ1) is 53.2. The van der Waals surface area contributed by atoms with Gasteiger partial charge < -0.3 is 61.5 Å². The zero-order valence-corrected chi connectivity index (χ0v) is 37.9. The lowest BCUT2D eigenvalue weighted by atomic mass is 9.85. The van der Waals surface area contributed by atoms with E-state index in [-0.39, 0.29) is 52.6 Å². The van der Waals surface area contributed by atoms with Gasteiger partial charge in [-0.2, -0.15) is 0 Å². The zero-order chi connectivity index (χ0) is 50.7. The molecule has 0 saturated carbocycles. The van der Waals surface area contributed by atoms with Gasteiger partial charge in [0.2, 0.25) is 0 Å². The average molecular weight is 957 g/mol. The minimum absolute atomic E-state index is 0.0514. The van der Waals surface area contributed by atoms with Crippen molar-refractivity contribution in [1.29, 1.82) is 0 Å². The molecule has 70 heavy (non-hydrogen) atoms. The molecular weight excluding hydrogens is 905 g/mol. The molecule has 364 valence electrons. The van der Waals surface area contributed by atoms with Crippen molar-refractivity contribution in [1.82, 2.24) is 21.3 Å². The molecule has 8 N–H and O–H groups in total. The summed E-state index contributed by atoms with van der Waals surface area (Å²) < 4.78 is 19.6. The van der Waals surface area contributed by atoms with Crippen LogP contribution in [0.4, 0.5) is 41.9 Å². The molecule has 20 heteroatoms. The van der Waals surface area contributed by atoms with Crippen LogP contribution in [0.2, 0.25) is 0 Å². The Labute approximate surface area is 403 Å². The molecule has 0 atom stereocenters. The second kappa shape index (κ2) is 28.5. The average Bonchev–Trinajstić information content (AvgIpc) is 3.37. The highest BCUT2D eigenvalue weighted by atomic mass is 16.5. The molecule has 4 rings (SSSR count). The minimum atomic E-state index is -0.618. The molecule has 0 aliphatic heterocycles. The number of nitrogens with one attached hydrogen (secondary N) is 8. The summed E-state index contributed by atoms with van der Waals surface area (Å²) in [6, 6.07) is 25.8. The SMILES string of the molecule is C=CC(=O)OCCNC(=O)Nc1ccc(C(=C(c2ccc(NC(=O)NCCOC(=O)C=C)cc2)c2ccc(NC(=O)NCCOC(=O)C=C)cc2)c2ccc(NC(=O)NCCOC(=O)C=C)cc2)cc1. The van der Waals surface area contributed by atoms with Crippen molar-refractivity contribution < 1.29 is 57.3 Å². The van der Waals surface area contributed by atoms with Gasteiger partial charge in [0.15, 0.2) is 0 Å². The van der Waals surface area contributed by atoms with Gasteiger partial charge in [-0.25, -0.2) is 38.4 Å². The predicted molar refractivity (Wildman–Crippen MR) is 263 cm³/mol. The fourth-order valence-corrected chi connectivity index (χ4v) is 5.99. The van der Waals surface area contributed by atoms with Gasteiger partial charge in [-0.3, -0.25) is 0 Å². The zero-order valence-electron chi connectivity index (χ0n) is 37.9. The first-order chi connectivity index (χ1) is 33.8. The summed E-state index contributed by atoms with van der Waals surface area (Å²) in [5, 5.41) is 21.5. The summed E-state index contributed by atoms with van der Waals surface area (Å²) in [4.78, 5) is 96.3. The summed E-state index contributed by atoms with van der Waals surface area (Å²) >= 11 is 0. The number of urea groups is 4. The van der Waals surface area contributed by atoms with E-state index in [1.54, 1.807) is 97.1 Å². The molecule has 0 bridgehead atoms. The van der Waals surface area contributed by atoms with E-state index in [0.717, 1.165) is 24.3 Å². The van der Waals surface area contributed by atoms with E-state index in [1.165, 1.54) is 0 Å². The molecule has 0 aromatic heterocycles. The van der Waals surface area contributed by atoms with Crippen molar-refractivity contribution in [2.45, 2.75) is 0 Å². The van der Waals surface area contributed by atoms with E-state index in [1.807, 2.05) is 0 Å². The number of carbonyl (C=O) groups excluding carboxylic acids is 8. The third-order valence-electron chi connectivity index (χ3n) is 9.17. The molecule has 4 aromatic rings. The highest BCUT2D eigenvalue weighted by Crippen LogP contribution is 2.38. The Balaban J connectivity index is 1.73. The largest absolute Gasteiger partial charge is 0.461 e. The van der Waals surface area contributed by atoms with Crippen LogP contribution in [-0.4, -0.2) is 101 Å². The molecule has 0 aliphatic carbocycles. The fraction of sp³-hybridized carbons (Fsp3) is 0.160. The highest BCUT2D eigenvalue weighted by molar-refractivity contribution is 6.06. The molecule has 0 heterocycles. The van der Waals surface area contributed by atoms with Gasteiger partial charge in [-0.15, -0.1) is 0 Å². The Morgan fingerprint density at radius 2 is 0.514 bits per heavy atom. The number of anilines is 4. The van der Waals surface area contributed by atoms with E-state index >= 15 is 0 Å². The molecule has 0 fully saturated rings. The van der Waals surface area contributed by atoms with Gasteiger partial charge in [-0.1, -0.05) is 74.8 Å². The Bertz CT molecular complexity index is 2210. The van der Waals surface area contributed by atoms with Crippen LogP contribution in [0.3, 0.4) is 0 Å². The maximum atomic E-state index is 12.7. The van der Waals surface area contributed by atoms with Crippen LogP contribution in [0, 0.1) is 0 Å². The molecule has 20 nitrogen and oxygen atoms in total. The van der Waals surface area contributed by atoms with Crippen molar-refractivity contribution in [2.75, 3.05) is 73.9 Å². The lowest BCUT2D eigenvalue weighted by Crippen LogP contribution is -2.32. The van der Waals surface area contributed by atoms with Crippen molar-refractivity contribution in [3.63, 3.8) is 0 Å². The summed E-state index contributed by atoms with van der Waals surface area (Å²) in [6.07, 6.45) is 4.08. The van der Waals surface area contributed by atoms with Crippen molar-refractivity contribution in [3.8, 4) is 0 Å². The van der Waals surface area contributed by atoms with Crippen molar-refractivity contribution >= 4 is 81.9 Å². The summed E-state index contributed by atoms with van der Waals surface area (Å²) in [5.41, 5.74) is 5.85. The highest BCUT2D eigenvalue weighted by Gasteiger charge is 2.18. The van der Waals surface area contributed by atoms with E-state index in [4.69, 9.17) is 18.9 Å². The summed E-state index contributed by atoms with van der Waals surface area (Å²) in [5.74, 6) is -2.47. The Hall–Kier alpha value is -9.46. The van der Waals surface area contributed by atoms with Gasteiger partial charge in [-0.05, 0) is 81.9 Å².